The molecule has 0 heterocycles. The number of nitrogens with one attached hydrogen (secondary N) is 1. The summed E-state index contributed by atoms with van der Waals surface area (Å²) in [6.07, 6.45) is 0.392. The first-order chi connectivity index (χ1) is 17.1. The first-order valence-electron chi connectivity index (χ1n) is 11.8. The van der Waals surface area contributed by atoms with E-state index in [0.717, 1.165) is 15.6 Å². The molecule has 0 radical (unpaired) electrons. The van der Waals surface area contributed by atoms with Crippen molar-refractivity contribution in [2.45, 2.75) is 51.1 Å². The maximum atomic E-state index is 14.1. The topological polar surface area (TPSA) is 49.4 Å². The highest BCUT2D eigenvalue weighted by Crippen LogP contribution is 2.21. The third-order valence-corrected chi connectivity index (χ3v) is 6.97. The molecule has 2 amide bonds. The van der Waals surface area contributed by atoms with Crippen LogP contribution in [0.3, 0.4) is 0 Å². The van der Waals surface area contributed by atoms with E-state index in [9.17, 15) is 14.0 Å². The van der Waals surface area contributed by atoms with E-state index < -0.39 is 11.6 Å². The number of carbonyl (C=O) groups excluding carboxylic acids is 2. The molecule has 0 saturated heterocycles. The van der Waals surface area contributed by atoms with Crippen molar-refractivity contribution in [1.82, 2.24) is 10.2 Å². The van der Waals surface area contributed by atoms with Gasteiger partial charge < -0.3 is 10.2 Å². The summed E-state index contributed by atoms with van der Waals surface area (Å²) in [5, 5.41) is 3.06. The molecule has 0 bridgehead atoms. The van der Waals surface area contributed by atoms with E-state index >= 15 is 0 Å². The summed E-state index contributed by atoms with van der Waals surface area (Å²) in [6.45, 7) is 6.07. The molecule has 3 rings (SSSR count). The number of carbonyl (C=O) groups is 2. The van der Waals surface area contributed by atoms with Gasteiger partial charge in [-0.3, -0.25) is 9.59 Å². The fraction of sp³-hybridized carbons (Fsp3) is 0.310. The minimum absolute atomic E-state index is 0.138. The highest BCUT2D eigenvalue weighted by molar-refractivity contribution is 9.10. The van der Waals surface area contributed by atoms with Gasteiger partial charge >= 0.3 is 0 Å². The molecular formula is C29H32BrFN2O2S. The van der Waals surface area contributed by atoms with E-state index in [-0.39, 0.29) is 23.4 Å². The zero-order valence-electron chi connectivity index (χ0n) is 20.8. The van der Waals surface area contributed by atoms with E-state index in [2.05, 4.69) is 21.2 Å². The van der Waals surface area contributed by atoms with Gasteiger partial charge in [-0.05, 0) is 55.7 Å². The van der Waals surface area contributed by atoms with Crippen LogP contribution in [0.4, 0.5) is 4.39 Å². The van der Waals surface area contributed by atoms with Gasteiger partial charge in [0.15, 0.2) is 0 Å². The third kappa shape index (κ3) is 8.79. The van der Waals surface area contributed by atoms with Crippen LogP contribution in [0.15, 0.2) is 83.3 Å². The number of thioether (sulfide) groups is 1. The second kappa shape index (κ2) is 13.1. The third-order valence-electron chi connectivity index (χ3n) is 5.48. The highest BCUT2D eigenvalue weighted by atomic mass is 79.9. The monoisotopic (exact) mass is 570 g/mol. The second-order valence-electron chi connectivity index (χ2n) is 9.68. The molecule has 7 heteroatoms. The summed E-state index contributed by atoms with van der Waals surface area (Å²) in [5.41, 5.74) is 2.00. The first kappa shape index (κ1) is 27.9. The molecule has 1 N–H and O–H groups in total. The molecular weight excluding hydrogens is 539 g/mol. The first-order valence-corrected chi connectivity index (χ1v) is 13.8. The normalized spacial score (nSPS) is 12.1. The molecule has 0 aliphatic rings. The second-order valence-corrected chi connectivity index (χ2v) is 11.6. The number of benzene rings is 3. The van der Waals surface area contributed by atoms with E-state index in [1.165, 1.54) is 17.8 Å². The van der Waals surface area contributed by atoms with Crippen molar-refractivity contribution in [3.8, 4) is 0 Å². The average Bonchev–Trinajstić information content (AvgIpc) is 2.83. The zero-order chi connectivity index (χ0) is 26.1. The molecule has 0 aliphatic heterocycles. The van der Waals surface area contributed by atoms with E-state index in [1.807, 2.05) is 75.4 Å². The lowest BCUT2D eigenvalue weighted by Crippen LogP contribution is -2.54. The SMILES string of the molecule is CC(C)(C)NC(=O)C(Cc1ccccc1)N(Cc1ccc(Br)cc1)C(=O)CSCc1ccccc1F. The van der Waals surface area contributed by atoms with Gasteiger partial charge in [0, 0.05) is 28.7 Å². The molecule has 3 aromatic rings. The molecule has 0 fully saturated rings. The number of rotatable bonds is 10. The summed E-state index contributed by atoms with van der Waals surface area (Å²) >= 11 is 4.80. The molecule has 4 nitrogen and oxygen atoms in total. The fourth-order valence-corrected chi connectivity index (χ4v) is 4.90. The standard InChI is InChI=1S/C29H32BrFN2O2S/c1-29(2,3)32-28(35)26(17-21-9-5-4-6-10-21)33(18-22-13-15-24(30)16-14-22)27(34)20-36-19-23-11-7-8-12-25(23)31/h4-16,26H,17-20H2,1-3H3,(H,32,35). The molecule has 0 saturated carbocycles. The highest BCUT2D eigenvalue weighted by Gasteiger charge is 2.32. The Balaban J connectivity index is 1.87. The van der Waals surface area contributed by atoms with Crippen molar-refractivity contribution < 1.29 is 14.0 Å². The van der Waals surface area contributed by atoms with Gasteiger partial charge in [0.25, 0.3) is 0 Å². The van der Waals surface area contributed by atoms with Crippen LogP contribution in [0.1, 0.15) is 37.5 Å². The van der Waals surface area contributed by atoms with Crippen LogP contribution >= 0.6 is 27.7 Å². The molecule has 190 valence electrons. The number of nitrogens with zero attached hydrogens (tertiary/aromatic N) is 1. The van der Waals surface area contributed by atoms with Crippen molar-refractivity contribution >= 4 is 39.5 Å². The maximum Gasteiger partial charge on any atom is 0.243 e. The van der Waals surface area contributed by atoms with Crippen LogP contribution in [0.2, 0.25) is 0 Å². The Morgan fingerprint density at radius 2 is 1.58 bits per heavy atom. The van der Waals surface area contributed by atoms with Crippen LogP contribution in [0, 0.1) is 5.82 Å². The summed E-state index contributed by atoms with van der Waals surface area (Å²) < 4.78 is 15.0. The van der Waals surface area contributed by atoms with Crippen LogP contribution in [-0.4, -0.2) is 34.0 Å². The Labute approximate surface area is 225 Å². The van der Waals surface area contributed by atoms with Crippen LogP contribution < -0.4 is 5.32 Å². The van der Waals surface area contributed by atoms with Crippen molar-refractivity contribution in [3.05, 3.63) is 106 Å². The average molecular weight is 572 g/mol. The van der Waals surface area contributed by atoms with Gasteiger partial charge in [0.1, 0.15) is 11.9 Å². The van der Waals surface area contributed by atoms with E-state index in [1.54, 1.807) is 23.1 Å². The van der Waals surface area contributed by atoms with Gasteiger partial charge in [-0.2, -0.15) is 0 Å². The molecule has 0 aromatic heterocycles. The van der Waals surface area contributed by atoms with Gasteiger partial charge in [0.2, 0.25) is 11.8 Å². The molecule has 0 aliphatic carbocycles. The molecule has 0 spiro atoms. The van der Waals surface area contributed by atoms with Gasteiger partial charge in [-0.1, -0.05) is 76.6 Å². The summed E-state index contributed by atoms with van der Waals surface area (Å²) in [4.78, 5) is 28.8. The van der Waals surface area contributed by atoms with Crippen LogP contribution in [-0.2, 0) is 28.3 Å². The Kier molecular flexibility index (Phi) is 10.1. The number of halogens is 2. The molecule has 1 atom stereocenters. The van der Waals surface area contributed by atoms with Crippen LogP contribution in [0.5, 0.6) is 0 Å². The van der Waals surface area contributed by atoms with Crippen molar-refractivity contribution in [3.63, 3.8) is 0 Å². The Bertz CT molecular complexity index is 1150. The lowest BCUT2D eigenvalue weighted by Gasteiger charge is -2.34. The van der Waals surface area contributed by atoms with Gasteiger partial charge in [-0.25, -0.2) is 4.39 Å². The predicted octanol–water partition coefficient (Wildman–Crippen LogP) is 6.38. The van der Waals surface area contributed by atoms with Gasteiger partial charge in [0.05, 0.1) is 5.75 Å². The predicted molar refractivity (Wildman–Crippen MR) is 149 cm³/mol. The number of amides is 2. The maximum absolute atomic E-state index is 14.1. The van der Waals surface area contributed by atoms with Crippen LogP contribution in [0.25, 0.3) is 0 Å². The minimum atomic E-state index is -0.697. The summed E-state index contributed by atoms with van der Waals surface area (Å²) in [5.74, 6) is -0.128. The minimum Gasteiger partial charge on any atom is -0.350 e. The molecule has 36 heavy (non-hydrogen) atoms. The van der Waals surface area contributed by atoms with Crippen molar-refractivity contribution in [2.24, 2.45) is 0 Å². The Morgan fingerprint density at radius 1 is 0.944 bits per heavy atom. The fourth-order valence-electron chi connectivity index (χ4n) is 3.74. The van der Waals surface area contributed by atoms with Gasteiger partial charge in [-0.15, -0.1) is 11.8 Å². The number of hydrogen-bond acceptors (Lipinski definition) is 3. The number of hydrogen-bond donors (Lipinski definition) is 1. The summed E-state index contributed by atoms with van der Waals surface area (Å²) in [7, 11) is 0. The zero-order valence-corrected chi connectivity index (χ0v) is 23.2. The Hall–Kier alpha value is -2.64. The summed E-state index contributed by atoms with van der Waals surface area (Å²) in [6, 6.07) is 23.3. The van der Waals surface area contributed by atoms with E-state index in [4.69, 9.17) is 0 Å². The quantitative estimate of drug-likeness (QED) is 0.308. The van der Waals surface area contributed by atoms with E-state index in [0.29, 0.717) is 24.3 Å². The molecule has 3 aromatic carbocycles. The largest absolute Gasteiger partial charge is 0.350 e. The van der Waals surface area contributed by atoms with Crippen molar-refractivity contribution in [2.75, 3.05) is 5.75 Å². The van der Waals surface area contributed by atoms with Crippen molar-refractivity contribution in [1.29, 1.82) is 0 Å². The smallest absolute Gasteiger partial charge is 0.243 e. The lowest BCUT2D eigenvalue weighted by atomic mass is 10.0. The molecule has 1 unspecified atom stereocenters. The Morgan fingerprint density at radius 3 is 2.22 bits per heavy atom. The lowest BCUT2D eigenvalue weighted by molar-refractivity contribution is -0.140.